The summed E-state index contributed by atoms with van der Waals surface area (Å²) in [5, 5.41) is 0. The highest BCUT2D eigenvalue weighted by atomic mass is 32.2. The van der Waals surface area contributed by atoms with Crippen molar-refractivity contribution < 1.29 is 27.8 Å². The van der Waals surface area contributed by atoms with Crippen molar-refractivity contribution in [3.05, 3.63) is 59.2 Å². The molecule has 0 saturated heterocycles. The van der Waals surface area contributed by atoms with Crippen molar-refractivity contribution in [1.29, 1.82) is 0 Å². The highest BCUT2D eigenvalue weighted by molar-refractivity contribution is 7.80. The van der Waals surface area contributed by atoms with Crippen LogP contribution in [0.3, 0.4) is 0 Å². The number of fused-ring (bicyclic) bond motifs is 1. The van der Waals surface area contributed by atoms with Gasteiger partial charge in [-0.05, 0) is 54.3 Å². The van der Waals surface area contributed by atoms with Gasteiger partial charge in [0.25, 0.3) is 5.91 Å². The molecule has 2 amide bonds. The number of hydrogen-bond donors (Lipinski definition) is 1. The molecule has 8 nitrogen and oxygen atoms in total. The SMILES string of the molecule is CCOc1cc(C(C)(CN2C(=O)c3ccccc3C2C(N)=O)S(=O)[O-])ccc1OC. The lowest BCUT2D eigenvalue weighted by atomic mass is 9.98. The summed E-state index contributed by atoms with van der Waals surface area (Å²) in [6.07, 6.45) is 0. The molecule has 0 radical (unpaired) electrons. The molecule has 9 heteroatoms. The fourth-order valence-electron chi connectivity index (χ4n) is 3.68. The molecule has 3 rings (SSSR count). The van der Waals surface area contributed by atoms with Crippen molar-refractivity contribution in [2.45, 2.75) is 24.6 Å². The third-order valence-electron chi connectivity index (χ3n) is 5.24. The molecule has 0 spiro atoms. The fourth-order valence-corrected chi connectivity index (χ4v) is 4.24. The second-order valence-corrected chi connectivity index (χ2v) is 8.46. The van der Waals surface area contributed by atoms with E-state index in [0.717, 1.165) is 0 Å². The zero-order valence-electron chi connectivity index (χ0n) is 16.9. The van der Waals surface area contributed by atoms with Crippen LogP contribution >= 0.6 is 0 Å². The molecule has 0 aliphatic carbocycles. The highest BCUT2D eigenvalue weighted by Crippen LogP contribution is 2.40. The maximum atomic E-state index is 13.0. The first-order chi connectivity index (χ1) is 14.2. The summed E-state index contributed by atoms with van der Waals surface area (Å²) in [4.78, 5) is 26.4. The second-order valence-electron chi connectivity index (χ2n) is 7.09. The summed E-state index contributed by atoms with van der Waals surface area (Å²) in [5.41, 5.74) is 6.78. The van der Waals surface area contributed by atoms with Crippen LogP contribution in [0.2, 0.25) is 0 Å². The lowest BCUT2D eigenvalue weighted by Gasteiger charge is -2.38. The Morgan fingerprint density at radius 3 is 2.57 bits per heavy atom. The van der Waals surface area contributed by atoms with Crippen molar-refractivity contribution in [2.24, 2.45) is 5.73 Å². The first-order valence-corrected chi connectivity index (χ1v) is 10.4. The number of methoxy groups -OCH3 is 1. The standard InChI is InChI=1S/C21H24N2O6S/c1-4-29-17-11-13(9-10-16(17)28-3)21(2,30(26)27)12-23-18(19(22)24)14-7-5-6-8-15(14)20(23)25/h5-11,18H,4,12H2,1-3H3,(H2,22,24)(H,26,27)/p-1. The number of amides is 2. The Balaban J connectivity index is 2.05. The zero-order chi connectivity index (χ0) is 22.1. The summed E-state index contributed by atoms with van der Waals surface area (Å²) >= 11 is -2.64. The largest absolute Gasteiger partial charge is 0.772 e. The van der Waals surface area contributed by atoms with E-state index < -0.39 is 33.7 Å². The van der Waals surface area contributed by atoms with E-state index in [2.05, 4.69) is 0 Å². The topological polar surface area (TPSA) is 122 Å². The Hall–Kier alpha value is -2.91. The van der Waals surface area contributed by atoms with E-state index in [1.54, 1.807) is 49.4 Å². The van der Waals surface area contributed by atoms with Crippen LogP contribution in [0.4, 0.5) is 0 Å². The van der Waals surface area contributed by atoms with Crippen LogP contribution < -0.4 is 15.2 Å². The number of rotatable bonds is 8. The minimum Gasteiger partial charge on any atom is -0.772 e. The first kappa shape index (κ1) is 21.8. The molecule has 0 aromatic heterocycles. The summed E-state index contributed by atoms with van der Waals surface area (Å²) < 4.78 is 34.0. The van der Waals surface area contributed by atoms with E-state index in [-0.39, 0.29) is 6.54 Å². The number of benzene rings is 2. The molecule has 1 heterocycles. The van der Waals surface area contributed by atoms with Crippen LogP contribution in [0.25, 0.3) is 0 Å². The Morgan fingerprint density at radius 2 is 1.97 bits per heavy atom. The Morgan fingerprint density at radius 1 is 1.27 bits per heavy atom. The molecule has 2 aromatic carbocycles. The van der Waals surface area contributed by atoms with Gasteiger partial charge in [0.05, 0.1) is 18.5 Å². The van der Waals surface area contributed by atoms with Gasteiger partial charge >= 0.3 is 0 Å². The lowest BCUT2D eigenvalue weighted by molar-refractivity contribution is -0.122. The van der Waals surface area contributed by atoms with Crippen LogP contribution in [0, 0.1) is 0 Å². The van der Waals surface area contributed by atoms with Gasteiger partial charge < -0.3 is 24.7 Å². The zero-order valence-corrected chi connectivity index (χ0v) is 17.7. The maximum absolute atomic E-state index is 13.0. The molecule has 2 aromatic rings. The van der Waals surface area contributed by atoms with Crippen molar-refractivity contribution in [2.75, 3.05) is 20.3 Å². The van der Waals surface area contributed by atoms with Gasteiger partial charge in [0.1, 0.15) is 6.04 Å². The molecule has 3 atom stereocenters. The quantitative estimate of drug-likeness (QED) is 0.637. The van der Waals surface area contributed by atoms with Gasteiger partial charge in [-0.15, -0.1) is 0 Å². The minimum absolute atomic E-state index is 0.262. The number of hydrogen-bond acceptors (Lipinski definition) is 6. The number of nitrogens with zero attached hydrogens (tertiary/aromatic N) is 1. The molecule has 3 unspecified atom stereocenters. The number of primary amides is 1. The second kappa shape index (κ2) is 8.45. The lowest BCUT2D eigenvalue weighted by Crippen LogP contribution is -2.46. The van der Waals surface area contributed by atoms with Gasteiger partial charge in [0.15, 0.2) is 11.5 Å². The normalized spacial score (nSPS) is 18.5. The average molecular weight is 431 g/mol. The average Bonchev–Trinajstić information content (AvgIpc) is 3.00. The van der Waals surface area contributed by atoms with Crippen molar-refractivity contribution in [3.63, 3.8) is 0 Å². The number of carbonyl (C=O) groups is 2. The minimum atomic E-state index is -2.64. The number of nitrogens with two attached hydrogens (primary N) is 1. The molecule has 160 valence electrons. The predicted molar refractivity (Wildman–Crippen MR) is 110 cm³/mol. The molecule has 0 bridgehead atoms. The molecule has 1 aliphatic heterocycles. The van der Waals surface area contributed by atoms with E-state index in [1.807, 2.05) is 0 Å². The Bertz CT molecular complexity index is 1010. The van der Waals surface area contributed by atoms with Gasteiger partial charge in [-0.1, -0.05) is 24.3 Å². The number of carbonyl (C=O) groups excluding carboxylic acids is 2. The van der Waals surface area contributed by atoms with E-state index in [0.29, 0.717) is 34.8 Å². The summed E-state index contributed by atoms with van der Waals surface area (Å²) in [5.74, 6) is -0.322. The monoisotopic (exact) mass is 431 g/mol. The number of ether oxygens (including phenoxy) is 2. The summed E-state index contributed by atoms with van der Waals surface area (Å²) in [6, 6.07) is 10.4. The smallest absolute Gasteiger partial charge is 0.255 e. The van der Waals surface area contributed by atoms with Gasteiger partial charge in [-0.3, -0.25) is 13.8 Å². The molecule has 30 heavy (non-hydrogen) atoms. The molecule has 1 aliphatic rings. The maximum Gasteiger partial charge on any atom is 0.255 e. The van der Waals surface area contributed by atoms with Crippen molar-refractivity contribution in [1.82, 2.24) is 4.90 Å². The van der Waals surface area contributed by atoms with Crippen molar-refractivity contribution >= 4 is 22.9 Å². The predicted octanol–water partition coefficient (Wildman–Crippen LogP) is 1.87. The molecule has 0 saturated carbocycles. The third kappa shape index (κ3) is 3.66. The van der Waals surface area contributed by atoms with E-state index in [4.69, 9.17) is 15.2 Å². The fraction of sp³-hybridized carbons (Fsp3) is 0.333. The van der Waals surface area contributed by atoms with Crippen molar-refractivity contribution in [3.8, 4) is 11.5 Å². The molecule has 0 fully saturated rings. The van der Waals surface area contributed by atoms with Crippen LogP contribution in [-0.2, 0) is 20.6 Å². The van der Waals surface area contributed by atoms with Gasteiger partial charge in [0.2, 0.25) is 5.91 Å². The van der Waals surface area contributed by atoms with Gasteiger partial charge in [0, 0.05) is 12.1 Å². The van der Waals surface area contributed by atoms with E-state index >= 15 is 0 Å². The Kier molecular flexibility index (Phi) is 6.14. The van der Waals surface area contributed by atoms with Crippen LogP contribution in [0.5, 0.6) is 11.5 Å². The van der Waals surface area contributed by atoms with Crippen LogP contribution in [0.1, 0.15) is 41.4 Å². The summed E-state index contributed by atoms with van der Waals surface area (Å²) in [6.45, 7) is 3.39. The Labute approximate surface area is 177 Å². The summed E-state index contributed by atoms with van der Waals surface area (Å²) in [7, 11) is 1.49. The third-order valence-corrected chi connectivity index (χ3v) is 6.34. The van der Waals surface area contributed by atoms with E-state index in [9.17, 15) is 18.4 Å². The highest BCUT2D eigenvalue weighted by Gasteiger charge is 2.44. The van der Waals surface area contributed by atoms with Crippen LogP contribution in [0.15, 0.2) is 42.5 Å². The van der Waals surface area contributed by atoms with Gasteiger partial charge in [-0.2, -0.15) is 0 Å². The molecular weight excluding hydrogens is 408 g/mol. The first-order valence-electron chi connectivity index (χ1n) is 9.34. The van der Waals surface area contributed by atoms with Gasteiger partial charge in [-0.25, -0.2) is 0 Å². The molecule has 2 N–H and O–H groups in total. The van der Waals surface area contributed by atoms with E-state index in [1.165, 1.54) is 18.9 Å². The molecular formula is C21H23N2O6S-. The van der Waals surface area contributed by atoms with Crippen LogP contribution in [-0.4, -0.2) is 45.7 Å².